The van der Waals surface area contributed by atoms with Crippen molar-refractivity contribution in [2.75, 3.05) is 0 Å². The lowest BCUT2D eigenvalue weighted by Gasteiger charge is -2.29. The summed E-state index contributed by atoms with van der Waals surface area (Å²) < 4.78 is 26.6. The molecule has 0 unspecified atom stereocenters. The van der Waals surface area contributed by atoms with E-state index in [1.165, 1.54) is 0 Å². The molecule has 19 heavy (non-hydrogen) atoms. The van der Waals surface area contributed by atoms with Crippen molar-refractivity contribution in [2.45, 2.75) is 63.7 Å². The summed E-state index contributed by atoms with van der Waals surface area (Å²) in [5, 5.41) is 9.28. The third-order valence-corrected chi connectivity index (χ3v) is 6.82. The lowest BCUT2D eigenvalue weighted by molar-refractivity contribution is -0.151. The van der Waals surface area contributed by atoms with Gasteiger partial charge in [0.1, 0.15) is 0 Å². The highest BCUT2D eigenvalue weighted by molar-refractivity contribution is 7.90. The molecule has 2 aliphatic carbocycles. The van der Waals surface area contributed by atoms with Gasteiger partial charge in [-0.05, 0) is 38.0 Å². The van der Waals surface area contributed by atoms with Crippen LogP contribution in [0.15, 0.2) is 0 Å². The van der Waals surface area contributed by atoms with Crippen LogP contribution in [0.4, 0.5) is 0 Å². The Morgan fingerprint density at radius 3 is 2.37 bits per heavy atom. The van der Waals surface area contributed by atoms with Crippen LogP contribution in [0.3, 0.4) is 0 Å². The monoisotopic (exact) mass is 289 g/mol. The number of nitrogens with one attached hydrogen (secondary N) is 1. The first-order chi connectivity index (χ1) is 8.85. The topological polar surface area (TPSA) is 83.5 Å². The van der Waals surface area contributed by atoms with E-state index in [2.05, 4.69) is 4.72 Å². The second-order valence-corrected chi connectivity index (χ2v) is 7.91. The Morgan fingerprint density at radius 1 is 1.37 bits per heavy atom. The molecule has 0 aliphatic heterocycles. The van der Waals surface area contributed by atoms with E-state index in [-0.39, 0.29) is 17.2 Å². The quantitative estimate of drug-likeness (QED) is 0.780. The van der Waals surface area contributed by atoms with E-state index < -0.39 is 21.4 Å². The summed E-state index contributed by atoms with van der Waals surface area (Å²) in [6, 6.07) is -0.216. The van der Waals surface area contributed by atoms with Crippen molar-refractivity contribution in [2.24, 2.45) is 11.3 Å². The molecule has 2 saturated carbocycles. The van der Waals surface area contributed by atoms with Gasteiger partial charge in [-0.25, -0.2) is 13.1 Å². The molecule has 0 heterocycles. The molecular weight excluding hydrogens is 266 g/mol. The van der Waals surface area contributed by atoms with E-state index in [1.54, 1.807) is 0 Å². The second-order valence-electron chi connectivity index (χ2n) is 5.92. The Hall–Kier alpha value is -0.620. The maximum atomic E-state index is 12.0. The lowest BCUT2D eigenvalue weighted by atomic mass is 9.74. The van der Waals surface area contributed by atoms with Gasteiger partial charge >= 0.3 is 5.97 Å². The van der Waals surface area contributed by atoms with Crippen LogP contribution in [0, 0.1) is 11.3 Å². The van der Waals surface area contributed by atoms with Crippen molar-refractivity contribution in [3.63, 3.8) is 0 Å². The van der Waals surface area contributed by atoms with Crippen molar-refractivity contribution in [1.82, 2.24) is 4.72 Å². The van der Waals surface area contributed by atoms with Gasteiger partial charge < -0.3 is 5.11 Å². The minimum absolute atomic E-state index is 0.0573. The molecular formula is C13H23NO4S. The number of carboxylic acid groups (broad SMARTS) is 1. The van der Waals surface area contributed by atoms with Crippen LogP contribution in [-0.4, -0.2) is 30.8 Å². The van der Waals surface area contributed by atoms with Gasteiger partial charge in [0.2, 0.25) is 10.0 Å². The van der Waals surface area contributed by atoms with Gasteiger partial charge in [0.25, 0.3) is 0 Å². The number of sulfonamides is 1. The standard InChI is InChI=1S/C13H23NO4S/c1-3-9-7-10(8-13(9,4-2)12(15)16)14-19(17,18)11-5-6-11/h9-11,14H,3-8H2,1-2H3,(H,15,16)/t9-,10+,13+/m1/s1. The molecule has 6 heteroatoms. The average Bonchev–Trinajstić information content (AvgIpc) is 3.12. The Kier molecular flexibility index (Phi) is 3.93. The molecule has 0 aromatic heterocycles. The fourth-order valence-corrected chi connectivity index (χ4v) is 5.05. The normalized spacial score (nSPS) is 35.5. The van der Waals surface area contributed by atoms with Gasteiger partial charge in [0, 0.05) is 6.04 Å². The number of rotatable bonds is 6. The van der Waals surface area contributed by atoms with E-state index in [0.717, 1.165) is 19.3 Å². The first kappa shape index (κ1) is 14.8. The molecule has 2 aliphatic rings. The Labute approximate surface area is 114 Å². The average molecular weight is 289 g/mol. The van der Waals surface area contributed by atoms with E-state index in [0.29, 0.717) is 19.3 Å². The van der Waals surface area contributed by atoms with Gasteiger partial charge in [-0.2, -0.15) is 0 Å². The van der Waals surface area contributed by atoms with E-state index in [1.807, 2.05) is 13.8 Å². The molecule has 3 atom stereocenters. The minimum atomic E-state index is -3.23. The molecule has 110 valence electrons. The van der Waals surface area contributed by atoms with Crippen molar-refractivity contribution in [3.05, 3.63) is 0 Å². The molecule has 0 bridgehead atoms. The zero-order valence-electron chi connectivity index (χ0n) is 11.6. The summed E-state index contributed by atoms with van der Waals surface area (Å²) in [6.45, 7) is 3.87. The number of carbonyl (C=O) groups is 1. The smallest absolute Gasteiger partial charge is 0.309 e. The number of hydrogen-bond acceptors (Lipinski definition) is 3. The van der Waals surface area contributed by atoms with Crippen LogP contribution in [-0.2, 0) is 14.8 Å². The molecule has 2 fully saturated rings. The summed E-state index contributed by atoms with van der Waals surface area (Å²) >= 11 is 0. The zero-order chi connectivity index (χ0) is 14.3. The molecule has 2 N–H and O–H groups in total. The van der Waals surface area contributed by atoms with Crippen LogP contribution < -0.4 is 4.72 Å². The minimum Gasteiger partial charge on any atom is -0.481 e. The predicted molar refractivity (Wildman–Crippen MR) is 72.2 cm³/mol. The second kappa shape index (κ2) is 5.05. The number of aliphatic carboxylic acids is 1. The first-order valence-electron chi connectivity index (χ1n) is 7.10. The number of carboxylic acids is 1. The van der Waals surface area contributed by atoms with Gasteiger partial charge in [0.05, 0.1) is 10.7 Å². The SMILES string of the molecule is CC[C@@H]1C[C@H](NS(=O)(=O)C2CC2)C[C@]1(CC)C(=O)O. The summed E-state index contributed by atoms with van der Waals surface area (Å²) in [6.07, 6.45) is 3.87. The third-order valence-electron chi connectivity index (χ3n) is 4.80. The molecule has 0 aromatic rings. The van der Waals surface area contributed by atoms with Crippen molar-refractivity contribution < 1.29 is 18.3 Å². The van der Waals surface area contributed by atoms with Gasteiger partial charge in [-0.15, -0.1) is 0 Å². The van der Waals surface area contributed by atoms with Crippen LogP contribution in [0.25, 0.3) is 0 Å². The molecule has 2 rings (SSSR count). The van der Waals surface area contributed by atoms with Crippen LogP contribution >= 0.6 is 0 Å². The maximum Gasteiger partial charge on any atom is 0.309 e. The van der Waals surface area contributed by atoms with Gasteiger partial charge in [-0.1, -0.05) is 20.3 Å². The van der Waals surface area contributed by atoms with Crippen LogP contribution in [0.2, 0.25) is 0 Å². The lowest BCUT2D eigenvalue weighted by Crippen LogP contribution is -2.38. The summed E-state index contributed by atoms with van der Waals surface area (Å²) in [5.74, 6) is -0.725. The third kappa shape index (κ3) is 2.65. The van der Waals surface area contributed by atoms with Crippen LogP contribution in [0.1, 0.15) is 52.4 Å². The fraction of sp³-hybridized carbons (Fsp3) is 0.923. The largest absolute Gasteiger partial charge is 0.481 e. The fourth-order valence-electron chi connectivity index (χ4n) is 3.46. The predicted octanol–water partition coefficient (Wildman–Crippen LogP) is 1.74. The maximum absolute atomic E-state index is 12.0. The van der Waals surface area contributed by atoms with Crippen molar-refractivity contribution in [1.29, 1.82) is 0 Å². The highest BCUT2D eigenvalue weighted by Crippen LogP contribution is 2.48. The first-order valence-corrected chi connectivity index (χ1v) is 8.65. The van der Waals surface area contributed by atoms with E-state index >= 15 is 0 Å². The van der Waals surface area contributed by atoms with Crippen molar-refractivity contribution in [3.8, 4) is 0 Å². The van der Waals surface area contributed by atoms with Gasteiger partial charge in [-0.3, -0.25) is 4.79 Å². The Bertz CT molecular complexity index is 457. The summed E-state index contributed by atoms with van der Waals surface area (Å²) in [7, 11) is -3.23. The molecule has 0 radical (unpaired) electrons. The molecule has 0 saturated heterocycles. The molecule has 0 aromatic carbocycles. The van der Waals surface area contributed by atoms with Gasteiger partial charge in [0.15, 0.2) is 0 Å². The highest BCUT2D eigenvalue weighted by Gasteiger charge is 2.52. The van der Waals surface area contributed by atoms with Crippen LogP contribution in [0.5, 0.6) is 0 Å². The van der Waals surface area contributed by atoms with E-state index in [9.17, 15) is 18.3 Å². The Balaban J connectivity index is 2.12. The molecule has 0 spiro atoms. The van der Waals surface area contributed by atoms with Crippen molar-refractivity contribution >= 4 is 16.0 Å². The summed E-state index contributed by atoms with van der Waals surface area (Å²) in [4.78, 5) is 11.6. The Morgan fingerprint density at radius 2 is 2.00 bits per heavy atom. The van der Waals surface area contributed by atoms with E-state index in [4.69, 9.17) is 0 Å². The highest BCUT2D eigenvalue weighted by atomic mass is 32.2. The molecule has 0 amide bonds. The molecule has 5 nitrogen and oxygen atoms in total. The number of hydrogen-bond donors (Lipinski definition) is 2. The zero-order valence-corrected chi connectivity index (χ0v) is 12.4. The summed E-state index contributed by atoms with van der Waals surface area (Å²) in [5.41, 5.74) is -0.758.